The van der Waals surface area contributed by atoms with Crippen LogP contribution in [0.1, 0.15) is 26.7 Å². The van der Waals surface area contributed by atoms with Crippen LogP contribution >= 0.6 is 11.8 Å². The lowest BCUT2D eigenvalue weighted by Gasteiger charge is -2.47. The van der Waals surface area contributed by atoms with Gasteiger partial charge in [0.25, 0.3) is 0 Å². The topological polar surface area (TPSA) is 20.3 Å². The first kappa shape index (κ1) is 16.3. The highest BCUT2D eigenvalue weighted by atomic mass is 32.2. The molecule has 2 nitrogen and oxygen atoms in total. The summed E-state index contributed by atoms with van der Waals surface area (Å²) >= 11 is 1.83. The second-order valence-electron chi connectivity index (χ2n) is 6.49. The first-order valence-electron chi connectivity index (χ1n) is 7.46. The van der Waals surface area contributed by atoms with Gasteiger partial charge in [-0.05, 0) is 38.3 Å². The van der Waals surface area contributed by atoms with E-state index in [4.69, 9.17) is 0 Å². The maximum absolute atomic E-state index is 12.6. The minimum absolute atomic E-state index is 0.191. The molecule has 1 unspecified atom stereocenters. The van der Waals surface area contributed by atoms with E-state index in [1.54, 1.807) is 0 Å². The van der Waals surface area contributed by atoms with Crippen molar-refractivity contribution in [3.63, 3.8) is 0 Å². The molecular formula is C18H25NOS. The molecule has 114 valence electrons. The van der Waals surface area contributed by atoms with Crippen LogP contribution in [-0.4, -0.2) is 35.6 Å². The van der Waals surface area contributed by atoms with Gasteiger partial charge in [-0.1, -0.05) is 31.2 Å². The second-order valence-corrected chi connectivity index (χ2v) is 7.66. The Kier molecular flexibility index (Phi) is 4.95. The van der Waals surface area contributed by atoms with Gasteiger partial charge < -0.3 is 0 Å². The van der Waals surface area contributed by atoms with Crippen molar-refractivity contribution in [3.8, 4) is 0 Å². The zero-order valence-corrected chi connectivity index (χ0v) is 14.1. The smallest absolute Gasteiger partial charge is 0.142 e. The third-order valence-corrected chi connectivity index (χ3v) is 5.77. The molecule has 0 amide bonds. The first-order valence-corrected chi connectivity index (χ1v) is 8.44. The summed E-state index contributed by atoms with van der Waals surface area (Å²) < 4.78 is 0. The molecule has 0 radical (unpaired) electrons. The minimum Gasteiger partial charge on any atom is -0.299 e. The largest absolute Gasteiger partial charge is 0.299 e. The van der Waals surface area contributed by atoms with Crippen LogP contribution in [0.4, 0.5) is 0 Å². The van der Waals surface area contributed by atoms with E-state index >= 15 is 0 Å². The Hall–Kier alpha value is -1.06. The van der Waals surface area contributed by atoms with Gasteiger partial charge in [0.05, 0.1) is 0 Å². The van der Waals surface area contributed by atoms with E-state index in [0.29, 0.717) is 12.2 Å². The van der Waals surface area contributed by atoms with E-state index in [1.807, 2.05) is 23.9 Å². The van der Waals surface area contributed by atoms with Crippen molar-refractivity contribution in [2.45, 2.75) is 37.1 Å². The molecule has 0 aliphatic carbocycles. The Labute approximate surface area is 132 Å². The van der Waals surface area contributed by atoms with E-state index in [0.717, 1.165) is 18.7 Å². The van der Waals surface area contributed by atoms with Crippen molar-refractivity contribution >= 4 is 17.5 Å². The lowest BCUT2D eigenvalue weighted by Crippen LogP contribution is -2.57. The summed E-state index contributed by atoms with van der Waals surface area (Å²) in [6.07, 6.45) is 3.39. The maximum Gasteiger partial charge on any atom is 0.142 e. The average Bonchev–Trinajstić information content (AvgIpc) is 2.46. The molecule has 2 atom stereocenters. The lowest BCUT2D eigenvalue weighted by atomic mass is 9.72. The summed E-state index contributed by atoms with van der Waals surface area (Å²) in [5.41, 5.74) is -0.428. The van der Waals surface area contributed by atoms with Crippen molar-refractivity contribution in [2.24, 2.45) is 5.41 Å². The molecule has 1 fully saturated rings. The summed E-state index contributed by atoms with van der Waals surface area (Å²) in [6, 6.07) is 10.4. The molecule has 0 spiro atoms. The zero-order chi connectivity index (χ0) is 15.5. The van der Waals surface area contributed by atoms with Crippen molar-refractivity contribution in [1.82, 2.24) is 4.90 Å². The number of thioether (sulfide) groups is 1. The van der Waals surface area contributed by atoms with Gasteiger partial charge in [-0.25, -0.2) is 0 Å². The number of carbonyl (C=O) groups is 1. The summed E-state index contributed by atoms with van der Waals surface area (Å²) in [4.78, 5) is 16.1. The lowest BCUT2D eigenvalue weighted by molar-refractivity contribution is -0.136. The van der Waals surface area contributed by atoms with Crippen molar-refractivity contribution in [1.29, 1.82) is 0 Å². The molecule has 1 aromatic carbocycles. The van der Waals surface area contributed by atoms with Gasteiger partial charge in [0.2, 0.25) is 0 Å². The van der Waals surface area contributed by atoms with E-state index < -0.39 is 0 Å². The van der Waals surface area contributed by atoms with Crippen LogP contribution in [0.5, 0.6) is 0 Å². The van der Waals surface area contributed by atoms with Gasteiger partial charge in [0.15, 0.2) is 0 Å². The van der Waals surface area contributed by atoms with Crippen LogP contribution in [0.3, 0.4) is 0 Å². The molecule has 21 heavy (non-hydrogen) atoms. The average molecular weight is 303 g/mol. The molecule has 0 aromatic heterocycles. The number of nitrogens with zero attached hydrogens (tertiary/aromatic N) is 1. The fraction of sp³-hybridized carbons (Fsp3) is 0.500. The maximum atomic E-state index is 12.6. The van der Waals surface area contributed by atoms with Crippen LogP contribution in [0.25, 0.3) is 0 Å². The molecule has 0 bridgehead atoms. The van der Waals surface area contributed by atoms with Crippen LogP contribution in [0, 0.1) is 5.41 Å². The van der Waals surface area contributed by atoms with Crippen molar-refractivity contribution < 1.29 is 4.79 Å². The molecule has 1 aromatic rings. The third kappa shape index (κ3) is 3.58. The second kappa shape index (κ2) is 6.37. The van der Waals surface area contributed by atoms with Gasteiger partial charge in [0.1, 0.15) is 5.78 Å². The Balaban J connectivity index is 1.96. The van der Waals surface area contributed by atoms with Crippen LogP contribution in [0.2, 0.25) is 0 Å². The highest BCUT2D eigenvalue weighted by Crippen LogP contribution is 2.38. The standard InChI is InChI=1S/C18H25NOS/c1-5-18(3)13-16(20)17(2,14-19(18)4)11-12-21-15-9-7-6-8-10-15/h5-10H,1,11-14H2,2-4H3/t17-,18?/m1/s1. The van der Waals surface area contributed by atoms with Gasteiger partial charge >= 0.3 is 0 Å². The predicted octanol–water partition coefficient (Wildman–Crippen LogP) is 4.02. The molecule has 1 heterocycles. The minimum atomic E-state index is -0.237. The first-order chi connectivity index (χ1) is 9.89. The number of rotatable bonds is 5. The molecule has 1 aliphatic heterocycles. The molecule has 2 rings (SSSR count). The third-order valence-electron chi connectivity index (χ3n) is 4.76. The summed E-state index contributed by atoms with van der Waals surface area (Å²) in [7, 11) is 2.09. The Morgan fingerprint density at radius 3 is 2.62 bits per heavy atom. The van der Waals surface area contributed by atoms with E-state index in [9.17, 15) is 4.79 Å². The molecular weight excluding hydrogens is 278 g/mol. The quantitative estimate of drug-likeness (QED) is 0.605. The monoisotopic (exact) mass is 303 g/mol. The SMILES string of the molecule is C=CC1(C)CC(=O)[C@](C)(CCSc2ccccc2)CN1C. The number of Topliss-reactive ketones (excluding diaryl/α,β-unsaturated/α-hetero) is 1. The molecule has 3 heteroatoms. The zero-order valence-electron chi connectivity index (χ0n) is 13.3. The molecule has 1 aliphatic rings. The van der Waals surface area contributed by atoms with Gasteiger partial charge in [0, 0.05) is 28.8 Å². The molecule has 0 saturated carbocycles. The highest BCUT2D eigenvalue weighted by Gasteiger charge is 2.45. The Morgan fingerprint density at radius 2 is 2.00 bits per heavy atom. The normalized spacial score (nSPS) is 30.3. The van der Waals surface area contributed by atoms with Crippen LogP contribution in [0.15, 0.2) is 47.9 Å². The molecule has 1 saturated heterocycles. The van der Waals surface area contributed by atoms with Gasteiger partial charge in [-0.15, -0.1) is 18.3 Å². The van der Waals surface area contributed by atoms with Gasteiger partial charge in [-0.3, -0.25) is 9.69 Å². The molecule has 0 N–H and O–H groups in total. The van der Waals surface area contributed by atoms with E-state index in [-0.39, 0.29) is 11.0 Å². The predicted molar refractivity (Wildman–Crippen MR) is 90.7 cm³/mol. The number of benzene rings is 1. The fourth-order valence-corrected chi connectivity index (χ4v) is 3.96. The van der Waals surface area contributed by atoms with E-state index in [2.05, 4.69) is 56.6 Å². The summed E-state index contributed by atoms with van der Waals surface area (Å²) in [6.45, 7) is 8.91. The number of hydrogen-bond acceptors (Lipinski definition) is 3. The number of carbonyl (C=O) groups excluding carboxylic acids is 1. The van der Waals surface area contributed by atoms with Crippen molar-refractivity contribution in [2.75, 3.05) is 19.3 Å². The number of likely N-dealkylation sites (N-methyl/N-ethyl adjacent to an activating group) is 1. The Bertz CT molecular complexity index is 515. The Morgan fingerprint density at radius 1 is 1.33 bits per heavy atom. The van der Waals surface area contributed by atoms with Crippen LogP contribution < -0.4 is 0 Å². The summed E-state index contributed by atoms with van der Waals surface area (Å²) in [5.74, 6) is 1.35. The fourth-order valence-electron chi connectivity index (χ4n) is 2.82. The number of piperidine rings is 1. The van der Waals surface area contributed by atoms with E-state index in [1.165, 1.54) is 4.90 Å². The summed E-state index contributed by atoms with van der Waals surface area (Å²) in [5, 5.41) is 0. The highest BCUT2D eigenvalue weighted by molar-refractivity contribution is 7.99. The number of likely N-dealkylation sites (tertiary alicyclic amines) is 1. The van der Waals surface area contributed by atoms with Crippen molar-refractivity contribution in [3.05, 3.63) is 43.0 Å². The van der Waals surface area contributed by atoms with Crippen LogP contribution in [-0.2, 0) is 4.79 Å². The number of hydrogen-bond donors (Lipinski definition) is 0. The number of ketones is 1. The van der Waals surface area contributed by atoms with Gasteiger partial charge in [-0.2, -0.15) is 0 Å².